The van der Waals surface area contributed by atoms with Crippen LogP contribution in [0.2, 0.25) is 0 Å². The van der Waals surface area contributed by atoms with Crippen molar-refractivity contribution in [2.24, 2.45) is 5.73 Å². The molecule has 0 saturated heterocycles. The third-order valence-electron chi connectivity index (χ3n) is 2.53. The standard InChI is InChI=1S/C12H17N3O3/c13-12(16)7-3-4-8-14-9-10-5-1-2-6-11(10)15(17)18/h1-2,5-6,14H,3-4,7-9H2,(H2,13,16). The van der Waals surface area contributed by atoms with Crippen LogP contribution in [0.25, 0.3) is 0 Å². The maximum Gasteiger partial charge on any atom is 0.273 e. The summed E-state index contributed by atoms with van der Waals surface area (Å²) in [6.07, 6.45) is 1.94. The Morgan fingerprint density at radius 1 is 1.33 bits per heavy atom. The first-order valence-electron chi connectivity index (χ1n) is 5.82. The quantitative estimate of drug-likeness (QED) is 0.414. The molecule has 0 atom stereocenters. The average Bonchev–Trinajstić information content (AvgIpc) is 2.33. The Morgan fingerprint density at radius 2 is 2.06 bits per heavy atom. The zero-order chi connectivity index (χ0) is 13.4. The first kappa shape index (κ1) is 14.1. The number of rotatable bonds is 8. The molecule has 0 aliphatic carbocycles. The van der Waals surface area contributed by atoms with Crippen LogP contribution in [0.3, 0.4) is 0 Å². The molecule has 0 heterocycles. The lowest BCUT2D eigenvalue weighted by Crippen LogP contribution is -2.16. The van der Waals surface area contributed by atoms with Gasteiger partial charge in [0.05, 0.1) is 4.92 Å². The van der Waals surface area contributed by atoms with E-state index in [2.05, 4.69) is 5.32 Å². The van der Waals surface area contributed by atoms with Crippen molar-refractivity contribution in [3.63, 3.8) is 0 Å². The van der Waals surface area contributed by atoms with Gasteiger partial charge in [0.25, 0.3) is 5.69 Å². The van der Waals surface area contributed by atoms with Gasteiger partial charge in [0, 0.05) is 24.6 Å². The van der Waals surface area contributed by atoms with Crippen molar-refractivity contribution in [3.8, 4) is 0 Å². The number of nitrogens with zero attached hydrogens (tertiary/aromatic N) is 1. The summed E-state index contributed by atoms with van der Waals surface area (Å²) in [5.74, 6) is -0.298. The number of carbonyl (C=O) groups excluding carboxylic acids is 1. The SMILES string of the molecule is NC(=O)CCCCNCc1ccccc1[N+](=O)[O-]. The second kappa shape index (κ2) is 7.39. The molecule has 0 bridgehead atoms. The molecule has 1 aromatic rings. The van der Waals surface area contributed by atoms with Gasteiger partial charge < -0.3 is 11.1 Å². The van der Waals surface area contributed by atoms with Crippen molar-refractivity contribution in [3.05, 3.63) is 39.9 Å². The minimum absolute atomic E-state index is 0.127. The first-order valence-corrected chi connectivity index (χ1v) is 5.82. The minimum atomic E-state index is -0.385. The van der Waals surface area contributed by atoms with Crippen LogP contribution in [0.1, 0.15) is 24.8 Å². The highest BCUT2D eigenvalue weighted by Crippen LogP contribution is 2.16. The van der Waals surface area contributed by atoms with Gasteiger partial charge in [-0.05, 0) is 19.4 Å². The Morgan fingerprint density at radius 3 is 2.72 bits per heavy atom. The van der Waals surface area contributed by atoms with Gasteiger partial charge in [0.2, 0.25) is 5.91 Å². The van der Waals surface area contributed by atoms with E-state index < -0.39 is 0 Å². The molecular formula is C12H17N3O3. The monoisotopic (exact) mass is 251 g/mol. The number of hydrogen-bond donors (Lipinski definition) is 2. The number of nitrogens with one attached hydrogen (secondary N) is 1. The minimum Gasteiger partial charge on any atom is -0.370 e. The molecule has 0 aromatic heterocycles. The van der Waals surface area contributed by atoms with E-state index in [1.165, 1.54) is 6.07 Å². The van der Waals surface area contributed by atoms with Crippen LogP contribution >= 0.6 is 0 Å². The predicted octanol–water partition coefficient (Wildman–Crippen LogP) is 1.34. The molecule has 0 aliphatic rings. The van der Waals surface area contributed by atoms with Crippen molar-refractivity contribution >= 4 is 11.6 Å². The second-order valence-corrected chi connectivity index (χ2v) is 3.99. The fourth-order valence-corrected chi connectivity index (χ4v) is 1.61. The number of para-hydroxylation sites is 1. The van der Waals surface area contributed by atoms with E-state index in [1.807, 2.05) is 0 Å². The van der Waals surface area contributed by atoms with Gasteiger partial charge in [-0.1, -0.05) is 18.2 Å². The van der Waals surface area contributed by atoms with Gasteiger partial charge in [-0.15, -0.1) is 0 Å². The number of nitrogens with two attached hydrogens (primary N) is 1. The zero-order valence-electron chi connectivity index (χ0n) is 10.1. The predicted molar refractivity (Wildman–Crippen MR) is 67.8 cm³/mol. The molecule has 0 aliphatic heterocycles. The summed E-state index contributed by atoms with van der Waals surface area (Å²) in [4.78, 5) is 20.9. The highest BCUT2D eigenvalue weighted by Gasteiger charge is 2.10. The molecule has 1 amide bonds. The van der Waals surface area contributed by atoms with Gasteiger partial charge in [0.15, 0.2) is 0 Å². The Balaban J connectivity index is 2.31. The van der Waals surface area contributed by atoms with Gasteiger partial charge in [0.1, 0.15) is 0 Å². The van der Waals surface area contributed by atoms with E-state index in [0.29, 0.717) is 25.1 Å². The molecule has 0 saturated carbocycles. The van der Waals surface area contributed by atoms with Crippen LogP contribution in [0.15, 0.2) is 24.3 Å². The molecule has 0 radical (unpaired) electrons. The molecule has 18 heavy (non-hydrogen) atoms. The molecule has 0 spiro atoms. The third-order valence-corrected chi connectivity index (χ3v) is 2.53. The average molecular weight is 251 g/mol. The number of unbranched alkanes of at least 4 members (excludes halogenated alkanes) is 1. The Labute approximate surface area is 105 Å². The Kier molecular flexibility index (Phi) is 5.79. The lowest BCUT2D eigenvalue weighted by molar-refractivity contribution is -0.385. The topological polar surface area (TPSA) is 98.3 Å². The molecule has 6 nitrogen and oxygen atoms in total. The van der Waals surface area contributed by atoms with Crippen molar-refractivity contribution in [2.75, 3.05) is 6.54 Å². The summed E-state index contributed by atoms with van der Waals surface area (Å²) < 4.78 is 0. The van der Waals surface area contributed by atoms with E-state index >= 15 is 0 Å². The number of nitro benzene ring substituents is 1. The highest BCUT2D eigenvalue weighted by atomic mass is 16.6. The molecule has 0 fully saturated rings. The first-order chi connectivity index (χ1) is 8.61. The lowest BCUT2D eigenvalue weighted by Gasteiger charge is -2.05. The van der Waals surface area contributed by atoms with Crippen LogP contribution < -0.4 is 11.1 Å². The van der Waals surface area contributed by atoms with Gasteiger partial charge >= 0.3 is 0 Å². The molecule has 98 valence electrons. The van der Waals surface area contributed by atoms with Gasteiger partial charge in [-0.2, -0.15) is 0 Å². The van der Waals surface area contributed by atoms with Gasteiger partial charge in [-0.25, -0.2) is 0 Å². The summed E-state index contributed by atoms with van der Waals surface area (Å²) in [6, 6.07) is 6.64. The maximum atomic E-state index is 10.8. The Hall–Kier alpha value is -1.95. The molecule has 0 unspecified atom stereocenters. The number of hydrogen-bond acceptors (Lipinski definition) is 4. The van der Waals surface area contributed by atoms with Crippen LogP contribution in [0.4, 0.5) is 5.69 Å². The van der Waals surface area contributed by atoms with Crippen LogP contribution in [0, 0.1) is 10.1 Å². The van der Waals surface area contributed by atoms with Crippen LogP contribution in [0.5, 0.6) is 0 Å². The Bertz CT molecular complexity index is 421. The largest absolute Gasteiger partial charge is 0.370 e. The van der Waals surface area contributed by atoms with Gasteiger partial charge in [-0.3, -0.25) is 14.9 Å². The van der Waals surface area contributed by atoms with Crippen molar-refractivity contribution in [1.82, 2.24) is 5.32 Å². The molecule has 1 aromatic carbocycles. The fourth-order valence-electron chi connectivity index (χ4n) is 1.61. The fraction of sp³-hybridized carbons (Fsp3) is 0.417. The third kappa shape index (κ3) is 4.92. The summed E-state index contributed by atoms with van der Waals surface area (Å²) >= 11 is 0. The smallest absolute Gasteiger partial charge is 0.273 e. The van der Waals surface area contributed by atoms with E-state index in [1.54, 1.807) is 18.2 Å². The van der Waals surface area contributed by atoms with Crippen LogP contribution in [-0.2, 0) is 11.3 Å². The lowest BCUT2D eigenvalue weighted by atomic mass is 10.1. The van der Waals surface area contributed by atoms with Crippen molar-refractivity contribution < 1.29 is 9.72 Å². The molecule has 6 heteroatoms. The summed E-state index contributed by atoms with van der Waals surface area (Å²) in [5, 5.41) is 13.9. The summed E-state index contributed by atoms with van der Waals surface area (Å²) in [6.45, 7) is 1.16. The molecule has 1 rings (SSSR count). The summed E-state index contributed by atoms with van der Waals surface area (Å²) in [7, 11) is 0. The number of benzene rings is 1. The maximum absolute atomic E-state index is 10.8. The summed E-state index contributed by atoms with van der Waals surface area (Å²) in [5.41, 5.74) is 5.81. The highest BCUT2D eigenvalue weighted by molar-refractivity contribution is 5.73. The molecular weight excluding hydrogens is 234 g/mol. The van der Waals surface area contributed by atoms with Crippen molar-refractivity contribution in [2.45, 2.75) is 25.8 Å². The number of nitro groups is 1. The van der Waals surface area contributed by atoms with Crippen LogP contribution in [-0.4, -0.2) is 17.4 Å². The second-order valence-electron chi connectivity index (χ2n) is 3.99. The number of amides is 1. The zero-order valence-corrected chi connectivity index (χ0v) is 10.1. The van der Waals surface area contributed by atoms with Crippen molar-refractivity contribution in [1.29, 1.82) is 0 Å². The van der Waals surface area contributed by atoms with E-state index in [9.17, 15) is 14.9 Å². The van der Waals surface area contributed by atoms with E-state index in [-0.39, 0.29) is 16.5 Å². The normalized spacial score (nSPS) is 10.2. The van der Waals surface area contributed by atoms with E-state index in [4.69, 9.17) is 5.73 Å². The number of primary amides is 1. The molecule has 3 N–H and O–H groups in total. The number of carbonyl (C=O) groups is 1. The van der Waals surface area contributed by atoms with E-state index in [0.717, 1.165) is 12.8 Å².